The molecule has 3 N–H and O–H groups in total. The van der Waals surface area contributed by atoms with E-state index in [-0.39, 0.29) is 0 Å². The molecule has 0 saturated carbocycles. The summed E-state index contributed by atoms with van der Waals surface area (Å²) in [6, 6.07) is 3.80. The number of aryl methyl sites for hydroxylation is 2. The number of nitrogen functional groups attached to an aromatic ring is 1. The summed E-state index contributed by atoms with van der Waals surface area (Å²) < 4.78 is 3.48. The molecule has 0 aromatic carbocycles. The Morgan fingerprint density at radius 1 is 1.33 bits per heavy atom. The van der Waals surface area contributed by atoms with Crippen LogP contribution in [0.4, 0.5) is 5.82 Å². The molecule has 0 bridgehead atoms. The zero-order valence-corrected chi connectivity index (χ0v) is 15.7. The Bertz CT molecular complexity index is 1160. The first-order chi connectivity index (χ1) is 13.0. The summed E-state index contributed by atoms with van der Waals surface area (Å²) in [5.41, 5.74) is 10.5. The molecule has 0 aliphatic carbocycles. The van der Waals surface area contributed by atoms with Gasteiger partial charge in [-0.25, -0.2) is 0 Å². The lowest BCUT2D eigenvalue weighted by Crippen LogP contribution is -1.95. The van der Waals surface area contributed by atoms with E-state index in [2.05, 4.69) is 32.0 Å². The Morgan fingerprint density at radius 2 is 2.19 bits per heavy atom. The van der Waals surface area contributed by atoms with E-state index < -0.39 is 0 Å². The second-order valence-electron chi connectivity index (χ2n) is 6.02. The van der Waals surface area contributed by atoms with Crippen LogP contribution in [0.1, 0.15) is 16.8 Å². The van der Waals surface area contributed by atoms with Crippen LogP contribution in [0, 0.1) is 6.92 Å². The maximum absolute atomic E-state index is 6.17. The molecule has 4 aromatic heterocycles. The number of H-pyrrole nitrogens is 1. The molecule has 0 aliphatic heterocycles. The number of anilines is 1. The van der Waals surface area contributed by atoms with E-state index in [4.69, 9.17) is 5.73 Å². The Kier molecular flexibility index (Phi) is 4.28. The minimum absolute atomic E-state index is 0.568. The first kappa shape index (κ1) is 17.1. The molecule has 4 heterocycles. The monoisotopic (exact) mass is 378 g/mol. The van der Waals surface area contributed by atoms with E-state index in [1.54, 1.807) is 21.5 Å². The first-order valence-electron chi connectivity index (χ1n) is 8.22. The van der Waals surface area contributed by atoms with Crippen molar-refractivity contribution in [1.29, 1.82) is 0 Å². The third-order valence-corrected chi connectivity index (χ3v) is 5.04. The fraction of sp³-hybridized carbons (Fsp3) is 0.111. The minimum atomic E-state index is 0.568. The SMILES string of the molecule is C=C/C(=C\c1c(Sc2nnc3ccc(C)nn23)c[nH]c1N)c1cnn(C)c1. The molecule has 0 unspecified atom stereocenters. The maximum Gasteiger partial charge on any atom is 0.217 e. The zero-order chi connectivity index (χ0) is 19.0. The van der Waals surface area contributed by atoms with Gasteiger partial charge >= 0.3 is 0 Å². The lowest BCUT2D eigenvalue weighted by atomic mass is 10.1. The van der Waals surface area contributed by atoms with Crippen molar-refractivity contribution < 1.29 is 0 Å². The highest BCUT2D eigenvalue weighted by atomic mass is 32.2. The van der Waals surface area contributed by atoms with E-state index in [1.807, 2.05) is 44.6 Å². The van der Waals surface area contributed by atoms with Crippen LogP contribution in [0.5, 0.6) is 0 Å². The summed E-state index contributed by atoms with van der Waals surface area (Å²) in [6.45, 7) is 5.84. The highest BCUT2D eigenvalue weighted by Gasteiger charge is 2.15. The molecule has 9 heteroatoms. The highest BCUT2D eigenvalue weighted by Crippen LogP contribution is 2.34. The van der Waals surface area contributed by atoms with Crippen LogP contribution in [0.3, 0.4) is 0 Å². The highest BCUT2D eigenvalue weighted by molar-refractivity contribution is 7.99. The second-order valence-corrected chi connectivity index (χ2v) is 7.03. The lowest BCUT2D eigenvalue weighted by molar-refractivity contribution is 0.767. The number of nitrogens with one attached hydrogen (secondary N) is 1. The van der Waals surface area contributed by atoms with Crippen molar-refractivity contribution in [3.63, 3.8) is 0 Å². The van der Waals surface area contributed by atoms with Gasteiger partial charge in [-0.2, -0.15) is 14.7 Å². The van der Waals surface area contributed by atoms with Crippen LogP contribution < -0.4 is 5.73 Å². The van der Waals surface area contributed by atoms with Gasteiger partial charge in [0.05, 0.1) is 11.9 Å². The number of aromatic nitrogens is 7. The van der Waals surface area contributed by atoms with E-state index in [9.17, 15) is 0 Å². The van der Waals surface area contributed by atoms with Crippen molar-refractivity contribution in [1.82, 2.24) is 34.6 Å². The van der Waals surface area contributed by atoms with Gasteiger partial charge in [-0.3, -0.25) is 4.68 Å². The van der Waals surface area contributed by atoms with E-state index in [0.717, 1.165) is 27.3 Å². The predicted octanol–water partition coefficient (Wildman–Crippen LogP) is 2.95. The standard InChI is InChI=1S/C18H18N8S/c1-4-12(13-8-21-25(3)10-13)7-14-15(9-20-17(14)19)27-18-23-22-16-6-5-11(2)24-26(16)18/h4-10,20H,1,19H2,2-3H3/b12-7+. The quantitative estimate of drug-likeness (QED) is 0.518. The minimum Gasteiger partial charge on any atom is -0.385 e. The van der Waals surface area contributed by atoms with Gasteiger partial charge in [0.15, 0.2) is 5.65 Å². The summed E-state index contributed by atoms with van der Waals surface area (Å²) in [4.78, 5) is 4.00. The molecule has 4 rings (SSSR count). The smallest absolute Gasteiger partial charge is 0.217 e. The van der Waals surface area contributed by atoms with Gasteiger partial charge in [0.2, 0.25) is 5.16 Å². The first-order valence-corrected chi connectivity index (χ1v) is 9.03. The van der Waals surface area contributed by atoms with Crippen LogP contribution >= 0.6 is 11.8 Å². The molecule has 4 aromatic rings. The van der Waals surface area contributed by atoms with Gasteiger partial charge in [0, 0.05) is 35.5 Å². The van der Waals surface area contributed by atoms with Crippen molar-refractivity contribution in [2.75, 3.05) is 5.73 Å². The summed E-state index contributed by atoms with van der Waals surface area (Å²) >= 11 is 1.45. The van der Waals surface area contributed by atoms with Crippen LogP contribution in [0.25, 0.3) is 17.3 Å². The summed E-state index contributed by atoms with van der Waals surface area (Å²) in [6.07, 6.45) is 9.35. The fourth-order valence-corrected chi connectivity index (χ4v) is 3.57. The lowest BCUT2D eigenvalue weighted by Gasteiger charge is -2.03. The van der Waals surface area contributed by atoms with Crippen molar-refractivity contribution in [2.45, 2.75) is 17.0 Å². The van der Waals surface area contributed by atoms with Crippen molar-refractivity contribution in [3.8, 4) is 0 Å². The average molecular weight is 378 g/mol. The van der Waals surface area contributed by atoms with Gasteiger partial charge in [0.1, 0.15) is 5.82 Å². The number of allylic oxidation sites excluding steroid dienone is 2. The number of nitrogens with two attached hydrogens (primary N) is 1. The molecule has 136 valence electrons. The van der Waals surface area contributed by atoms with Gasteiger partial charge in [0.25, 0.3) is 0 Å². The van der Waals surface area contributed by atoms with Gasteiger partial charge in [-0.05, 0) is 42.5 Å². The van der Waals surface area contributed by atoms with Gasteiger partial charge in [-0.15, -0.1) is 10.2 Å². The van der Waals surface area contributed by atoms with Crippen LogP contribution in [-0.2, 0) is 7.05 Å². The Morgan fingerprint density at radius 3 is 2.93 bits per heavy atom. The summed E-state index contributed by atoms with van der Waals surface area (Å²) in [5, 5.41) is 17.8. The molecule has 0 aliphatic rings. The molecule has 0 amide bonds. The normalized spacial score (nSPS) is 12.0. The third kappa shape index (κ3) is 3.24. The third-order valence-electron chi connectivity index (χ3n) is 4.04. The molecule has 0 spiro atoms. The molecule has 8 nitrogen and oxygen atoms in total. The van der Waals surface area contributed by atoms with Crippen molar-refractivity contribution >= 4 is 34.9 Å². The molecule has 0 atom stereocenters. The van der Waals surface area contributed by atoms with Gasteiger partial charge < -0.3 is 10.7 Å². The Balaban J connectivity index is 1.74. The molecule has 0 radical (unpaired) electrons. The summed E-state index contributed by atoms with van der Waals surface area (Å²) in [7, 11) is 1.88. The number of aromatic amines is 1. The second kappa shape index (κ2) is 6.76. The molecular formula is C18H18N8S. The molecule has 0 saturated heterocycles. The molecular weight excluding hydrogens is 360 g/mol. The van der Waals surface area contributed by atoms with E-state index in [0.29, 0.717) is 16.6 Å². The fourth-order valence-electron chi connectivity index (χ4n) is 2.67. The number of hydrogen-bond donors (Lipinski definition) is 2. The largest absolute Gasteiger partial charge is 0.385 e. The number of fused-ring (bicyclic) bond motifs is 1. The Hall–Kier alpha value is -3.33. The Labute approximate surface area is 159 Å². The van der Waals surface area contributed by atoms with Crippen LogP contribution in [-0.4, -0.2) is 34.6 Å². The van der Waals surface area contributed by atoms with Crippen LogP contribution in [0.2, 0.25) is 0 Å². The van der Waals surface area contributed by atoms with E-state index in [1.165, 1.54) is 11.8 Å². The van der Waals surface area contributed by atoms with Crippen molar-refractivity contribution in [2.24, 2.45) is 7.05 Å². The van der Waals surface area contributed by atoms with Crippen LogP contribution in [0.15, 0.2) is 53.4 Å². The maximum atomic E-state index is 6.17. The number of nitrogens with zero attached hydrogens (tertiary/aromatic N) is 6. The number of rotatable bonds is 5. The molecule has 0 fully saturated rings. The summed E-state index contributed by atoms with van der Waals surface area (Å²) in [5.74, 6) is 0.568. The van der Waals surface area contributed by atoms with E-state index >= 15 is 0 Å². The average Bonchev–Trinajstić information content (AvgIpc) is 3.34. The van der Waals surface area contributed by atoms with Gasteiger partial charge in [-0.1, -0.05) is 12.7 Å². The topological polar surface area (TPSA) is 103 Å². The zero-order valence-electron chi connectivity index (χ0n) is 14.9. The predicted molar refractivity (Wildman–Crippen MR) is 106 cm³/mol. The molecule has 27 heavy (non-hydrogen) atoms. The number of hydrogen-bond acceptors (Lipinski definition) is 6. The van der Waals surface area contributed by atoms with Crippen molar-refractivity contribution in [3.05, 3.63) is 60.2 Å².